The first-order chi connectivity index (χ1) is 13.7. The number of aromatic nitrogens is 2. The van der Waals surface area contributed by atoms with E-state index in [0.717, 1.165) is 18.2 Å². The third kappa shape index (κ3) is 3.53. The van der Waals surface area contributed by atoms with Crippen LogP contribution in [0.1, 0.15) is 11.1 Å². The minimum absolute atomic E-state index is 0.0953. The summed E-state index contributed by atoms with van der Waals surface area (Å²) in [4.78, 5) is 0. The molecule has 0 unspecified atom stereocenters. The van der Waals surface area contributed by atoms with Gasteiger partial charge in [-0.1, -0.05) is 30.3 Å². The largest absolute Gasteiger partial charge is 0.418 e. The highest BCUT2D eigenvalue weighted by Gasteiger charge is 2.34. The molecule has 0 atom stereocenters. The molecule has 4 aromatic rings. The number of rotatable bonds is 3. The summed E-state index contributed by atoms with van der Waals surface area (Å²) < 4.78 is 69.2. The number of fused-ring (bicyclic) bond motifs is 1. The molecule has 0 amide bonds. The molecule has 2 N–H and O–H groups in total. The molecule has 0 spiro atoms. The summed E-state index contributed by atoms with van der Waals surface area (Å²) >= 11 is 0. The van der Waals surface area contributed by atoms with E-state index in [9.17, 15) is 22.0 Å². The van der Waals surface area contributed by atoms with Crippen molar-refractivity contribution in [3.8, 4) is 11.3 Å². The first-order valence-electron chi connectivity index (χ1n) is 8.60. The van der Waals surface area contributed by atoms with Gasteiger partial charge in [0.25, 0.3) is 0 Å². The van der Waals surface area contributed by atoms with Crippen LogP contribution in [0.15, 0.2) is 60.7 Å². The van der Waals surface area contributed by atoms with E-state index in [2.05, 4.69) is 5.10 Å². The van der Waals surface area contributed by atoms with Crippen LogP contribution in [0.25, 0.3) is 22.2 Å². The van der Waals surface area contributed by atoms with Crippen LogP contribution in [0, 0.1) is 11.6 Å². The quantitative estimate of drug-likeness (QED) is 0.356. The predicted molar refractivity (Wildman–Crippen MR) is 100 cm³/mol. The molecule has 0 aliphatic rings. The van der Waals surface area contributed by atoms with Crippen LogP contribution in [0.2, 0.25) is 0 Å². The molecule has 4 rings (SSSR count). The Morgan fingerprint density at radius 2 is 1.69 bits per heavy atom. The van der Waals surface area contributed by atoms with Crippen molar-refractivity contribution in [3.05, 3.63) is 83.4 Å². The highest BCUT2D eigenvalue weighted by Crippen LogP contribution is 2.38. The van der Waals surface area contributed by atoms with Crippen molar-refractivity contribution in [1.29, 1.82) is 0 Å². The van der Waals surface area contributed by atoms with E-state index < -0.39 is 23.4 Å². The average molecular weight is 403 g/mol. The molecule has 0 saturated heterocycles. The van der Waals surface area contributed by atoms with Crippen LogP contribution in [0.4, 0.5) is 27.6 Å². The van der Waals surface area contributed by atoms with Crippen molar-refractivity contribution in [2.24, 2.45) is 0 Å². The lowest BCUT2D eigenvalue weighted by molar-refractivity contribution is -0.136. The fourth-order valence-electron chi connectivity index (χ4n) is 3.30. The van der Waals surface area contributed by atoms with Gasteiger partial charge >= 0.3 is 6.18 Å². The van der Waals surface area contributed by atoms with E-state index in [-0.39, 0.29) is 23.0 Å². The molecule has 148 valence electrons. The number of alkyl halides is 3. The second kappa shape index (κ2) is 6.88. The smallest absolute Gasteiger partial charge is 0.399 e. The van der Waals surface area contributed by atoms with E-state index >= 15 is 0 Å². The third-order valence-electron chi connectivity index (χ3n) is 4.57. The Balaban J connectivity index is 1.98. The molecular weight excluding hydrogens is 389 g/mol. The summed E-state index contributed by atoms with van der Waals surface area (Å²) in [6, 6.07) is 13.4. The standard InChI is InChI=1S/C21H14F5N3/c22-14-8-7-13(18(23)10-14)11-29-20(12-3-1-4-15(27)9-12)16-5-2-6-17(19(16)28-29)21(24,25)26/h1-10H,11,27H2. The molecule has 0 aliphatic heterocycles. The lowest BCUT2D eigenvalue weighted by Crippen LogP contribution is -2.07. The van der Waals surface area contributed by atoms with E-state index in [1.165, 1.54) is 22.9 Å². The van der Waals surface area contributed by atoms with Crippen molar-refractivity contribution in [2.75, 3.05) is 5.73 Å². The third-order valence-corrected chi connectivity index (χ3v) is 4.57. The predicted octanol–water partition coefficient (Wildman–Crippen LogP) is 5.63. The summed E-state index contributed by atoms with van der Waals surface area (Å²) in [6.07, 6.45) is -4.60. The molecular formula is C21H14F5N3. The van der Waals surface area contributed by atoms with E-state index in [1.807, 2.05) is 0 Å². The zero-order valence-corrected chi connectivity index (χ0v) is 14.8. The monoisotopic (exact) mass is 403 g/mol. The normalized spacial score (nSPS) is 11.9. The van der Waals surface area contributed by atoms with Crippen LogP contribution in [0.3, 0.4) is 0 Å². The van der Waals surface area contributed by atoms with Gasteiger partial charge in [0.15, 0.2) is 0 Å². The fraction of sp³-hybridized carbons (Fsp3) is 0.0952. The summed E-state index contributed by atoms with van der Waals surface area (Å²) in [7, 11) is 0. The lowest BCUT2D eigenvalue weighted by atomic mass is 10.0. The molecule has 3 nitrogen and oxygen atoms in total. The van der Waals surface area contributed by atoms with Crippen molar-refractivity contribution in [3.63, 3.8) is 0 Å². The van der Waals surface area contributed by atoms with Crippen molar-refractivity contribution < 1.29 is 22.0 Å². The van der Waals surface area contributed by atoms with Gasteiger partial charge in [0.1, 0.15) is 17.2 Å². The number of hydrogen-bond acceptors (Lipinski definition) is 2. The van der Waals surface area contributed by atoms with Gasteiger partial charge in [-0.3, -0.25) is 4.68 Å². The van der Waals surface area contributed by atoms with Crippen LogP contribution in [0.5, 0.6) is 0 Å². The molecule has 0 aliphatic carbocycles. The maximum Gasteiger partial charge on any atom is 0.418 e. The first kappa shape index (κ1) is 18.9. The molecule has 0 bridgehead atoms. The maximum atomic E-state index is 14.2. The number of hydrogen-bond donors (Lipinski definition) is 1. The van der Waals surface area contributed by atoms with Crippen LogP contribution in [-0.2, 0) is 12.7 Å². The average Bonchev–Trinajstić information content (AvgIpc) is 3.01. The fourth-order valence-corrected chi connectivity index (χ4v) is 3.30. The Labute approximate surface area is 162 Å². The van der Waals surface area contributed by atoms with Crippen LogP contribution in [-0.4, -0.2) is 9.78 Å². The van der Waals surface area contributed by atoms with Crippen molar-refractivity contribution in [1.82, 2.24) is 9.78 Å². The molecule has 0 saturated carbocycles. The highest BCUT2D eigenvalue weighted by molar-refractivity contribution is 5.95. The van der Waals surface area contributed by atoms with Gasteiger partial charge in [-0.25, -0.2) is 8.78 Å². The lowest BCUT2D eigenvalue weighted by Gasteiger charge is -2.10. The minimum Gasteiger partial charge on any atom is -0.399 e. The molecule has 29 heavy (non-hydrogen) atoms. The molecule has 0 fully saturated rings. The Bertz CT molecular complexity index is 1210. The Morgan fingerprint density at radius 3 is 2.38 bits per heavy atom. The van der Waals surface area contributed by atoms with Gasteiger partial charge in [0.05, 0.1) is 17.8 Å². The van der Waals surface area contributed by atoms with Gasteiger partial charge in [-0.05, 0) is 24.3 Å². The molecule has 8 heteroatoms. The molecule has 1 heterocycles. The second-order valence-electron chi connectivity index (χ2n) is 6.57. The topological polar surface area (TPSA) is 43.8 Å². The molecule has 3 aromatic carbocycles. The van der Waals surface area contributed by atoms with Crippen molar-refractivity contribution in [2.45, 2.75) is 12.7 Å². The van der Waals surface area contributed by atoms with Gasteiger partial charge in [-0.15, -0.1) is 0 Å². The number of halogens is 5. The van der Waals surface area contributed by atoms with Gasteiger partial charge in [0, 0.05) is 28.3 Å². The Morgan fingerprint density at radius 1 is 0.931 bits per heavy atom. The number of nitrogens with two attached hydrogens (primary N) is 1. The zero-order valence-electron chi connectivity index (χ0n) is 14.8. The number of nitrogen functional groups attached to an aromatic ring is 1. The minimum atomic E-state index is -4.60. The van der Waals surface area contributed by atoms with E-state index in [4.69, 9.17) is 5.73 Å². The van der Waals surface area contributed by atoms with Crippen LogP contribution < -0.4 is 5.73 Å². The summed E-state index contributed by atoms with van der Waals surface area (Å²) in [5.74, 6) is -1.55. The summed E-state index contributed by atoms with van der Waals surface area (Å²) in [6.45, 7) is -0.178. The van der Waals surface area contributed by atoms with Gasteiger partial charge < -0.3 is 5.73 Å². The second-order valence-corrected chi connectivity index (χ2v) is 6.57. The molecule has 0 radical (unpaired) electrons. The van der Waals surface area contributed by atoms with E-state index in [1.54, 1.807) is 24.3 Å². The van der Waals surface area contributed by atoms with Crippen LogP contribution >= 0.6 is 0 Å². The van der Waals surface area contributed by atoms with Gasteiger partial charge in [0.2, 0.25) is 0 Å². The van der Waals surface area contributed by atoms with E-state index in [0.29, 0.717) is 16.9 Å². The highest BCUT2D eigenvalue weighted by atomic mass is 19.4. The number of nitrogens with zero attached hydrogens (tertiary/aromatic N) is 2. The Hall–Kier alpha value is -3.42. The molecule has 1 aromatic heterocycles. The first-order valence-corrected chi connectivity index (χ1v) is 8.60. The Kier molecular flexibility index (Phi) is 4.49. The summed E-state index contributed by atoms with van der Waals surface area (Å²) in [5, 5.41) is 4.40. The zero-order chi connectivity index (χ0) is 20.8. The maximum absolute atomic E-state index is 14.2. The van der Waals surface area contributed by atoms with Crippen molar-refractivity contribution >= 4 is 16.6 Å². The van der Waals surface area contributed by atoms with Gasteiger partial charge in [-0.2, -0.15) is 18.3 Å². The SMILES string of the molecule is Nc1cccc(-c2c3cccc(C(F)(F)F)c3nn2Cc2ccc(F)cc2F)c1. The number of anilines is 1. The summed E-state index contributed by atoms with van der Waals surface area (Å²) in [5.41, 5.74) is 6.11. The number of benzene rings is 3.